The molecule has 0 atom stereocenters. The highest BCUT2D eigenvalue weighted by Gasteiger charge is 2.51. The fraction of sp³-hybridized carbons (Fsp3) is 0.111. The van der Waals surface area contributed by atoms with Crippen molar-refractivity contribution in [1.82, 2.24) is 19.9 Å². The van der Waals surface area contributed by atoms with Gasteiger partial charge in [-0.2, -0.15) is 0 Å². The molecule has 8 nitrogen and oxygen atoms in total. The molecule has 12 heteroatoms. The summed E-state index contributed by atoms with van der Waals surface area (Å²) in [6, 6.07) is 52.7. The third-order valence-corrected chi connectivity index (χ3v) is 13.3. The Balaban J connectivity index is 0.000000114. The molecule has 322 valence electrons. The number of benzene rings is 8. The Morgan fingerprint density at radius 3 is 1.48 bits per heavy atom. The van der Waals surface area contributed by atoms with E-state index < -0.39 is 0 Å². The molecule has 8 aromatic carbocycles. The summed E-state index contributed by atoms with van der Waals surface area (Å²) in [4.78, 5) is 17.3. The molecule has 5 heterocycles. The highest BCUT2D eigenvalue weighted by molar-refractivity contribution is 6.62. The van der Waals surface area contributed by atoms with Gasteiger partial charge in [-0.15, -0.1) is 0 Å². The Bertz CT molecular complexity index is 3860. The molecule has 1 aliphatic heterocycles. The Kier molecular flexibility index (Phi) is 10.4. The van der Waals surface area contributed by atoms with E-state index in [2.05, 4.69) is 96.2 Å². The van der Waals surface area contributed by atoms with Gasteiger partial charge in [0.15, 0.2) is 0 Å². The van der Waals surface area contributed by atoms with E-state index in [-0.39, 0.29) is 28.9 Å². The monoisotopic (exact) mass is 922 g/mol. The van der Waals surface area contributed by atoms with Crippen molar-refractivity contribution >= 4 is 135 Å². The highest BCUT2D eigenvalue weighted by Crippen LogP contribution is 2.39. The molecule has 0 unspecified atom stereocenters. The van der Waals surface area contributed by atoms with Crippen molar-refractivity contribution in [1.29, 1.82) is 0 Å². The topological polar surface area (TPSA) is 96.3 Å². The van der Waals surface area contributed by atoms with E-state index in [0.717, 1.165) is 104 Å². The first-order valence-corrected chi connectivity index (χ1v) is 22.6. The number of rotatable bonds is 2. The summed E-state index contributed by atoms with van der Waals surface area (Å²) < 4.78 is 24.1. The van der Waals surface area contributed by atoms with Crippen LogP contribution in [0.2, 0.25) is 15.7 Å². The minimum Gasteiger partial charge on any atom is -0.456 e. The molecule has 0 aliphatic carbocycles. The van der Waals surface area contributed by atoms with E-state index in [9.17, 15) is 0 Å². The van der Waals surface area contributed by atoms with Crippen molar-refractivity contribution in [2.24, 2.45) is 0 Å². The molecule has 0 radical (unpaired) electrons. The van der Waals surface area contributed by atoms with Gasteiger partial charge in [-0.25, -0.2) is 19.9 Å². The number of hydrogen-bond donors (Lipinski definition) is 0. The summed E-state index contributed by atoms with van der Waals surface area (Å²) >= 11 is 18.2. The molecule has 66 heavy (non-hydrogen) atoms. The van der Waals surface area contributed by atoms with Gasteiger partial charge in [-0.05, 0) is 116 Å². The predicted molar refractivity (Wildman–Crippen MR) is 271 cm³/mol. The molecule has 13 rings (SSSR count). The van der Waals surface area contributed by atoms with Crippen molar-refractivity contribution in [2.45, 2.75) is 38.9 Å². The van der Waals surface area contributed by atoms with Crippen molar-refractivity contribution in [2.75, 3.05) is 0 Å². The van der Waals surface area contributed by atoms with Gasteiger partial charge in [-0.1, -0.05) is 121 Å². The molecule has 12 aromatic rings. The van der Waals surface area contributed by atoms with Crippen LogP contribution in [0.3, 0.4) is 0 Å². The molecule has 4 aromatic heterocycles. The van der Waals surface area contributed by atoms with E-state index >= 15 is 0 Å². The number of nitrogens with zero attached hydrogens (tertiary/aromatic N) is 4. The van der Waals surface area contributed by atoms with Crippen LogP contribution in [0, 0.1) is 0 Å². The Morgan fingerprint density at radius 2 is 0.879 bits per heavy atom. The van der Waals surface area contributed by atoms with E-state index in [1.807, 2.05) is 109 Å². The molecule has 1 saturated heterocycles. The van der Waals surface area contributed by atoms with Crippen LogP contribution in [0.5, 0.6) is 0 Å². The van der Waals surface area contributed by atoms with Crippen LogP contribution in [0.4, 0.5) is 0 Å². The van der Waals surface area contributed by atoms with Crippen LogP contribution in [-0.2, 0) is 9.31 Å². The van der Waals surface area contributed by atoms with Gasteiger partial charge in [0.05, 0.1) is 27.9 Å². The van der Waals surface area contributed by atoms with E-state index in [1.165, 1.54) is 0 Å². The SMILES string of the molecule is CC1(C)OB(c2ccc3oc4ccccc4c3c2)OC1(C)C.Clc1nc(-c2ccc3oc4ccccc4c3c2)c2ccc3ccccc3c2n1.Clc1nc(Cl)c2ccc3ccccc3c2n1. The maximum absolute atomic E-state index is 6.33. The van der Waals surface area contributed by atoms with Gasteiger partial charge in [0.2, 0.25) is 10.6 Å². The number of hydrogen-bond acceptors (Lipinski definition) is 8. The largest absolute Gasteiger partial charge is 0.494 e. The third-order valence-electron chi connectivity index (χ3n) is 12.7. The number of furan rings is 2. The fourth-order valence-corrected chi connectivity index (χ4v) is 9.21. The molecule has 1 aliphatic rings. The third kappa shape index (κ3) is 7.47. The molecular formula is C54H38BCl3N4O4. The minimum absolute atomic E-state index is 0.175. The van der Waals surface area contributed by atoms with Gasteiger partial charge < -0.3 is 18.1 Å². The van der Waals surface area contributed by atoms with Gasteiger partial charge in [0.25, 0.3) is 0 Å². The summed E-state index contributed by atoms with van der Waals surface area (Å²) in [5.74, 6) is 0. The van der Waals surface area contributed by atoms with Gasteiger partial charge in [-0.3, -0.25) is 0 Å². The first-order valence-electron chi connectivity index (χ1n) is 21.4. The van der Waals surface area contributed by atoms with E-state index in [1.54, 1.807) is 0 Å². The zero-order valence-corrected chi connectivity index (χ0v) is 38.4. The number of aromatic nitrogens is 4. The second-order valence-electron chi connectivity index (χ2n) is 17.2. The summed E-state index contributed by atoms with van der Waals surface area (Å²) in [7, 11) is -0.344. The van der Waals surface area contributed by atoms with Crippen molar-refractivity contribution in [3.63, 3.8) is 0 Å². The lowest BCUT2D eigenvalue weighted by Crippen LogP contribution is -2.41. The van der Waals surface area contributed by atoms with E-state index in [4.69, 9.17) is 52.9 Å². The quantitative estimate of drug-likeness (QED) is 0.0732. The number of para-hydroxylation sites is 2. The van der Waals surface area contributed by atoms with Crippen LogP contribution >= 0.6 is 34.8 Å². The molecule has 0 N–H and O–H groups in total. The first-order chi connectivity index (χ1) is 31.9. The van der Waals surface area contributed by atoms with Gasteiger partial charge in [0.1, 0.15) is 27.5 Å². The summed E-state index contributed by atoms with van der Waals surface area (Å²) in [6.07, 6.45) is 0. The zero-order chi connectivity index (χ0) is 45.3. The molecule has 0 bridgehead atoms. The standard InChI is InChI=1S/C24H13ClN2O.C18H19BO3.C12H6Cl2N2/c25-24-26-22(18-11-9-14-5-1-2-6-16(14)23(18)27-24)15-10-12-21-19(13-15)17-7-3-4-8-20(17)28-21;1-17(2)18(3,4)22-19(21-17)12-9-10-16-14(11-12)13-7-5-6-8-15(13)20-16;13-11-9-6-5-7-3-1-2-4-8(7)10(9)15-12(14)16-11/h1-13H;5-11H,1-4H3;1-6H. The minimum atomic E-state index is -0.344. The number of fused-ring (bicyclic) bond motifs is 12. The van der Waals surface area contributed by atoms with Crippen molar-refractivity contribution in [3.05, 3.63) is 173 Å². The predicted octanol–water partition coefficient (Wildman–Crippen LogP) is 15.0. The zero-order valence-electron chi connectivity index (χ0n) is 36.1. The smallest absolute Gasteiger partial charge is 0.456 e. The van der Waals surface area contributed by atoms with Crippen molar-refractivity contribution in [3.8, 4) is 11.3 Å². The summed E-state index contributed by atoms with van der Waals surface area (Å²) in [6.45, 7) is 8.27. The second-order valence-corrected chi connectivity index (χ2v) is 18.3. The Labute approximate surface area is 394 Å². The molecule has 0 spiro atoms. The highest BCUT2D eigenvalue weighted by atomic mass is 35.5. The Morgan fingerprint density at radius 1 is 0.409 bits per heavy atom. The van der Waals surface area contributed by atoms with Crippen LogP contribution in [0.15, 0.2) is 167 Å². The fourth-order valence-electron chi connectivity index (χ4n) is 8.60. The normalized spacial score (nSPS) is 14.4. The second kappa shape index (κ2) is 16.4. The lowest BCUT2D eigenvalue weighted by molar-refractivity contribution is 0.00578. The molecular weight excluding hydrogens is 886 g/mol. The number of halogens is 3. The first kappa shape index (κ1) is 42.1. The van der Waals surface area contributed by atoms with Crippen LogP contribution < -0.4 is 5.46 Å². The maximum atomic E-state index is 6.33. The molecule has 0 saturated carbocycles. The van der Waals surface area contributed by atoms with Gasteiger partial charge in [0, 0.05) is 48.7 Å². The average Bonchev–Trinajstić information content (AvgIpc) is 3.96. The van der Waals surface area contributed by atoms with Crippen LogP contribution in [-0.4, -0.2) is 38.3 Å². The van der Waals surface area contributed by atoms with Gasteiger partial charge >= 0.3 is 7.12 Å². The maximum Gasteiger partial charge on any atom is 0.494 e. The lowest BCUT2D eigenvalue weighted by atomic mass is 9.78. The molecule has 0 amide bonds. The average molecular weight is 924 g/mol. The molecule has 1 fully saturated rings. The Hall–Kier alpha value is -6.59. The van der Waals surface area contributed by atoms with E-state index in [0.29, 0.717) is 5.15 Å². The van der Waals surface area contributed by atoms with Crippen LogP contribution in [0.25, 0.3) is 98.5 Å². The summed E-state index contributed by atoms with van der Waals surface area (Å²) in [5.41, 5.74) is 7.38. The van der Waals surface area contributed by atoms with Crippen LogP contribution in [0.1, 0.15) is 27.7 Å². The van der Waals surface area contributed by atoms with Crippen molar-refractivity contribution < 1.29 is 18.1 Å². The lowest BCUT2D eigenvalue weighted by Gasteiger charge is -2.32. The summed E-state index contributed by atoms with van der Waals surface area (Å²) in [5, 5.41) is 11.3.